The lowest BCUT2D eigenvalue weighted by Crippen LogP contribution is -2.37. The Labute approximate surface area is 111 Å². The van der Waals surface area contributed by atoms with Crippen LogP contribution in [0, 0.1) is 17.0 Å². The summed E-state index contributed by atoms with van der Waals surface area (Å²) in [5, 5.41) is 3.03. The Bertz CT molecular complexity index is 497. The van der Waals surface area contributed by atoms with E-state index in [1.165, 1.54) is 6.07 Å². The Morgan fingerprint density at radius 2 is 2.00 bits per heavy atom. The highest BCUT2D eigenvalue weighted by Gasteiger charge is 2.34. The van der Waals surface area contributed by atoms with Gasteiger partial charge in [0.15, 0.2) is 11.6 Å². The van der Waals surface area contributed by atoms with Gasteiger partial charge in [0.25, 0.3) is 0 Å². The quantitative estimate of drug-likeness (QED) is 0.893. The summed E-state index contributed by atoms with van der Waals surface area (Å²) in [6, 6.07) is 3.73. The van der Waals surface area contributed by atoms with Gasteiger partial charge in [0, 0.05) is 6.54 Å². The molecule has 0 aliphatic carbocycles. The van der Waals surface area contributed by atoms with Gasteiger partial charge < -0.3 is 4.90 Å². The van der Waals surface area contributed by atoms with Crippen molar-refractivity contribution in [2.24, 2.45) is 5.41 Å². The fourth-order valence-corrected chi connectivity index (χ4v) is 2.21. The summed E-state index contributed by atoms with van der Waals surface area (Å²) in [7, 11) is 0. The first kappa shape index (κ1) is 13.9. The van der Waals surface area contributed by atoms with E-state index in [9.17, 15) is 13.6 Å². The number of hydrogen-bond acceptors (Lipinski definition) is 2. The standard InChI is InChI=1S/C14H18F2N2O/c1-14(2,3)8-18-12(19)7-17-13(18)9-4-5-10(15)11(16)6-9/h4-6,13,17H,7-8H2,1-3H3. The van der Waals surface area contributed by atoms with Crippen molar-refractivity contribution in [2.45, 2.75) is 26.9 Å². The van der Waals surface area contributed by atoms with Gasteiger partial charge in [-0.25, -0.2) is 8.78 Å². The summed E-state index contributed by atoms with van der Waals surface area (Å²) in [6.07, 6.45) is -0.387. The van der Waals surface area contributed by atoms with Crippen LogP contribution in [0.5, 0.6) is 0 Å². The molecule has 104 valence electrons. The minimum absolute atomic E-state index is 0.0235. The average Bonchev–Trinajstić information content (AvgIpc) is 2.63. The molecule has 1 amide bonds. The molecule has 3 nitrogen and oxygen atoms in total. The third-order valence-corrected chi connectivity index (χ3v) is 2.98. The largest absolute Gasteiger partial charge is 0.321 e. The molecular weight excluding hydrogens is 250 g/mol. The van der Waals surface area contributed by atoms with E-state index in [0.717, 1.165) is 12.1 Å². The zero-order valence-corrected chi connectivity index (χ0v) is 11.3. The van der Waals surface area contributed by atoms with Crippen LogP contribution in [0.15, 0.2) is 18.2 Å². The summed E-state index contributed by atoms with van der Waals surface area (Å²) in [5.41, 5.74) is 0.507. The van der Waals surface area contributed by atoms with Crippen LogP contribution >= 0.6 is 0 Å². The lowest BCUT2D eigenvalue weighted by Gasteiger charge is -2.31. The Kier molecular flexibility index (Phi) is 3.58. The van der Waals surface area contributed by atoms with E-state index in [4.69, 9.17) is 0 Å². The minimum Gasteiger partial charge on any atom is -0.321 e. The minimum atomic E-state index is -0.894. The van der Waals surface area contributed by atoms with Crippen molar-refractivity contribution >= 4 is 5.91 Å². The Balaban J connectivity index is 2.27. The van der Waals surface area contributed by atoms with Crippen molar-refractivity contribution in [3.05, 3.63) is 35.4 Å². The number of hydrogen-bond donors (Lipinski definition) is 1. The molecule has 2 rings (SSSR count). The van der Waals surface area contributed by atoms with Gasteiger partial charge in [-0.2, -0.15) is 0 Å². The second-order valence-corrected chi connectivity index (χ2v) is 6.04. The Morgan fingerprint density at radius 1 is 1.32 bits per heavy atom. The first-order chi connectivity index (χ1) is 8.78. The lowest BCUT2D eigenvalue weighted by molar-refractivity contribution is -0.129. The maximum absolute atomic E-state index is 13.3. The van der Waals surface area contributed by atoms with Crippen molar-refractivity contribution < 1.29 is 13.6 Å². The number of nitrogens with one attached hydrogen (secondary N) is 1. The molecule has 1 aromatic carbocycles. The number of carbonyl (C=O) groups excluding carboxylic acids is 1. The molecule has 1 saturated heterocycles. The predicted molar refractivity (Wildman–Crippen MR) is 68.3 cm³/mol. The number of rotatable bonds is 2. The van der Waals surface area contributed by atoms with Gasteiger partial charge in [-0.15, -0.1) is 0 Å². The average molecular weight is 268 g/mol. The molecule has 1 heterocycles. The fraction of sp³-hybridized carbons (Fsp3) is 0.500. The number of nitrogens with zero attached hydrogens (tertiary/aromatic N) is 1. The molecule has 1 aliphatic heterocycles. The number of carbonyl (C=O) groups is 1. The third kappa shape index (κ3) is 3.10. The molecule has 0 radical (unpaired) electrons. The molecular formula is C14H18F2N2O. The second-order valence-electron chi connectivity index (χ2n) is 6.04. The fourth-order valence-electron chi connectivity index (χ4n) is 2.21. The summed E-state index contributed by atoms with van der Waals surface area (Å²) in [4.78, 5) is 13.6. The number of halogens is 2. The normalized spacial score (nSPS) is 20.2. The number of amides is 1. The van der Waals surface area contributed by atoms with Gasteiger partial charge in [-0.3, -0.25) is 10.1 Å². The smallest absolute Gasteiger partial charge is 0.238 e. The van der Waals surface area contributed by atoms with Gasteiger partial charge in [0.05, 0.1) is 6.54 Å². The molecule has 1 aliphatic rings. The van der Waals surface area contributed by atoms with E-state index < -0.39 is 11.6 Å². The van der Waals surface area contributed by atoms with Gasteiger partial charge in [0.2, 0.25) is 5.91 Å². The molecule has 0 aromatic heterocycles. The predicted octanol–water partition coefficient (Wildman–Crippen LogP) is 2.44. The van der Waals surface area contributed by atoms with Crippen LogP contribution in [0.4, 0.5) is 8.78 Å². The summed E-state index contributed by atoms with van der Waals surface area (Å²) in [5.74, 6) is -1.80. The highest BCUT2D eigenvalue weighted by atomic mass is 19.2. The Morgan fingerprint density at radius 3 is 2.58 bits per heavy atom. The summed E-state index contributed by atoms with van der Waals surface area (Å²) in [6.45, 7) is 6.87. The molecule has 1 N–H and O–H groups in total. The van der Waals surface area contributed by atoms with Gasteiger partial charge in [-0.1, -0.05) is 26.8 Å². The topological polar surface area (TPSA) is 32.3 Å². The highest BCUT2D eigenvalue weighted by Crippen LogP contribution is 2.27. The molecule has 0 bridgehead atoms. The summed E-state index contributed by atoms with van der Waals surface area (Å²) >= 11 is 0. The van der Waals surface area contributed by atoms with E-state index in [0.29, 0.717) is 12.1 Å². The zero-order chi connectivity index (χ0) is 14.2. The van der Waals surface area contributed by atoms with Crippen LogP contribution in [0.3, 0.4) is 0 Å². The molecule has 1 aromatic rings. The van der Waals surface area contributed by atoms with Crippen LogP contribution in [-0.2, 0) is 4.79 Å². The zero-order valence-electron chi connectivity index (χ0n) is 11.3. The van der Waals surface area contributed by atoms with Crippen molar-refractivity contribution in [1.82, 2.24) is 10.2 Å². The van der Waals surface area contributed by atoms with Crippen molar-refractivity contribution in [1.29, 1.82) is 0 Å². The molecule has 1 atom stereocenters. The van der Waals surface area contributed by atoms with Crippen molar-refractivity contribution in [3.63, 3.8) is 0 Å². The first-order valence-electron chi connectivity index (χ1n) is 6.26. The van der Waals surface area contributed by atoms with E-state index >= 15 is 0 Å². The van der Waals surface area contributed by atoms with Crippen LogP contribution in [0.2, 0.25) is 0 Å². The molecule has 0 spiro atoms. The lowest BCUT2D eigenvalue weighted by atomic mass is 9.95. The number of benzene rings is 1. The molecule has 1 fully saturated rings. The van der Waals surface area contributed by atoms with Crippen LogP contribution in [-0.4, -0.2) is 23.9 Å². The maximum Gasteiger partial charge on any atom is 0.238 e. The first-order valence-corrected chi connectivity index (χ1v) is 6.26. The van der Waals surface area contributed by atoms with Crippen molar-refractivity contribution in [3.8, 4) is 0 Å². The molecule has 1 unspecified atom stereocenters. The van der Waals surface area contributed by atoms with E-state index in [1.807, 2.05) is 20.8 Å². The Hall–Kier alpha value is -1.49. The van der Waals surface area contributed by atoms with E-state index in [-0.39, 0.29) is 24.0 Å². The third-order valence-electron chi connectivity index (χ3n) is 2.98. The van der Waals surface area contributed by atoms with Crippen LogP contribution < -0.4 is 5.32 Å². The molecule has 5 heteroatoms. The SMILES string of the molecule is CC(C)(C)CN1C(=O)CNC1c1ccc(F)c(F)c1. The van der Waals surface area contributed by atoms with Gasteiger partial charge in [0.1, 0.15) is 6.17 Å². The van der Waals surface area contributed by atoms with Crippen LogP contribution in [0.1, 0.15) is 32.5 Å². The van der Waals surface area contributed by atoms with E-state index in [1.54, 1.807) is 4.90 Å². The highest BCUT2D eigenvalue weighted by molar-refractivity contribution is 5.81. The second kappa shape index (κ2) is 4.89. The maximum atomic E-state index is 13.3. The monoisotopic (exact) mass is 268 g/mol. The van der Waals surface area contributed by atoms with Crippen molar-refractivity contribution in [2.75, 3.05) is 13.1 Å². The van der Waals surface area contributed by atoms with Gasteiger partial charge in [-0.05, 0) is 23.1 Å². The van der Waals surface area contributed by atoms with E-state index in [2.05, 4.69) is 5.32 Å². The summed E-state index contributed by atoms with van der Waals surface area (Å²) < 4.78 is 26.2. The van der Waals surface area contributed by atoms with Crippen LogP contribution in [0.25, 0.3) is 0 Å². The molecule has 19 heavy (non-hydrogen) atoms. The van der Waals surface area contributed by atoms with Gasteiger partial charge >= 0.3 is 0 Å². The molecule has 0 saturated carbocycles.